The molecule has 0 atom stereocenters. The summed E-state index contributed by atoms with van der Waals surface area (Å²) in [4.78, 5) is 26.8. The van der Waals surface area contributed by atoms with Crippen molar-refractivity contribution in [1.82, 2.24) is 14.4 Å². The number of benzene rings is 1. The van der Waals surface area contributed by atoms with Gasteiger partial charge in [0.05, 0.1) is 5.02 Å². The molecule has 1 aromatic carbocycles. The van der Waals surface area contributed by atoms with Crippen molar-refractivity contribution in [3.8, 4) is 0 Å². The van der Waals surface area contributed by atoms with Gasteiger partial charge in [0, 0.05) is 31.0 Å². The average molecular weight is 507 g/mol. The number of nitrogens with zero attached hydrogens (tertiary/aromatic N) is 2. The van der Waals surface area contributed by atoms with Gasteiger partial charge in [0.25, 0.3) is 15.9 Å². The normalized spacial score (nSPS) is 12.1. The molecule has 1 heterocycles. The Kier molecular flexibility index (Phi) is 7.77. The number of nitrogens with one attached hydrogen (secondary N) is 2. The zero-order valence-electron chi connectivity index (χ0n) is 18.9. The van der Waals surface area contributed by atoms with Crippen molar-refractivity contribution >= 4 is 39.3 Å². The predicted octanol–water partition coefficient (Wildman–Crippen LogP) is 4.05. The molecule has 1 aromatic heterocycles. The van der Waals surface area contributed by atoms with Crippen molar-refractivity contribution in [3.63, 3.8) is 0 Å². The second-order valence-corrected chi connectivity index (χ2v) is 10.4. The first-order valence-corrected chi connectivity index (χ1v) is 11.6. The lowest BCUT2D eigenvalue weighted by molar-refractivity contribution is 0.0135. The molecule has 2 N–H and O–H groups in total. The molecule has 0 bridgehead atoms. The lowest BCUT2D eigenvalue weighted by Gasteiger charge is -2.29. The maximum Gasteiger partial charge on any atom is 0.425 e. The minimum absolute atomic E-state index is 0.0605. The molecule has 9 nitrogen and oxygen atoms in total. The lowest BCUT2D eigenvalue weighted by Crippen LogP contribution is -2.51. The summed E-state index contributed by atoms with van der Waals surface area (Å²) >= 11 is 6.21. The van der Waals surface area contributed by atoms with Gasteiger partial charge in [0.1, 0.15) is 16.2 Å². The highest BCUT2D eigenvalue weighted by Gasteiger charge is 2.32. The minimum atomic E-state index is -4.42. The van der Waals surface area contributed by atoms with Gasteiger partial charge in [-0.15, -0.1) is 4.83 Å². The quantitative estimate of drug-likeness (QED) is 0.574. The number of hydrogen-bond donors (Lipinski definition) is 2. The Morgan fingerprint density at radius 1 is 1.18 bits per heavy atom. The number of carbonyl (C=O) groups is 2. The monoisotopic (exact) mass is 506 g/mol. The minimum Gasteiger partial charge on any atom is -0.443 e. The number of hydrazine groups is 1. The van der Waals surface area contributed by atoms with E-state index in [0.717, 1.165) is 34.0 Å². The maximum absolute atomic E-state index is 13.4. The van der Waals surface area contributed by atoms with E-state index in [2.05, 4.69) is 10.1 Å². The molecule has 2 rings (SSSR count). The van der Waals surface area contributed by atoms with Crippen LogP contribution in [0, 0.1) is 11.6 Å². The van der Waals surface area contributed by atoms with Gasteiger partial charge in [-0.05, 0) is 46.8 Å². The summed E-state index contributed by atoms with van der Waals surface area (Å²) in [5.74, 6) is -3.12. The van der Waals surface area contributed by atoms with Crippen molar-refractivity contribution in [2.75, 3.05) is 5.32 Å². The summed E-state index contributed by atoms with van der Waals surface area (Å²) in [7, 11) is -3.05. The van der Waals surface area contributed by atoms with Gasteiger partial charge in [0.2, 0.25) is 0 Å². The summed E-state index contributed by atoms with van der Waals surface area (Å²) < 4.78 is 58.9. The molecule has 0 aliphatic heterocycles. The summed E-state index contributed by atoms with van der Waals surface area (Å²) in [5, 5.41) is 2.68. The average Bonchev–Trinajstić information content (AvgIpc) is 2.96. The van der Waals surface area contributed by atoms with Crippen LogP contribution >= 0.6 is 11.6 Å². The highest BCUT2D eigenvalue weighted by Crippen LogP contribution is 2.28. The zero-order valence-corrected chi connectivity index (χ0v) is 20.4. The lowest BCUT2D eigenvalue weighted by atomic mass is 10.2. The third-order valence-corrected chi connectivity index (χ3v) is 5.92. The SMILES string of the molecule is CC(C)N(NS(=O)(=O)c1cn(C)c(C(=O)Nc2ccc(F)c(F)c2)c1Cl)C(=O)OC(C)(C)C. The van der Waals surface area contributed by atoms with Crippen LogP contribution in [0.3, 0.4) is 0 Å². The van der Waals surface area contributed by atoms with Crippen LogP contribution in [0.2, 0.25) is 5.02 Å². The first kappa shape index (κ1) is 26.6. The van der Waals surface area contributed by atoms with Crippen LogP contribution in [0.4, 0.5) is 19.3 Å². The van der Waals surface area contributed by atoms with Crippen LogP contribution in [0.5, 0.6) is 0 Å². The van der Waals surface area contributed by atoms with Gasteiger partial charge in [-0.25, -0.2) is 27.0 Å². The molecule has 2 amide bonds. The number of aryl methyl sites for hydroxylation is 1. The number of anilines is 1. The van der Waals surface area contributed by atoms with Gasteiger partial charge in [-0.1, -0.05) is 11.6 Å². The fraction of sp³-hybridized carbons (Fsp3) is 0.400. The van der Waals surface area contributed by atoms with Crippen LogP contribution in [0.15, 0.2) is 29.3 Å². The fourth-order valence-electron chi connectivity index (χ4n) is 2.62. The highest BCUT2D eigenvalue weighted by atomic mass is 35.5. The third kappa shape index (κ3) is 6.42. The van der Waals surface area contributed by atoms with Gasteiger partial charge >= 0.3 is 6.09 Å². The molecule has 0 saturated carbocycles. The molecule has 2 aromatic rings. The van der Waals surface area contributed by atoms with Gasteiger partial charge in [0.15, 0.2) is 11.6 Å². The third-order valence-electron chi connectivity index (χ3n) is 4.10. The largest absolute Gasteiger partial charge is 0.443 e. The number of carbonyl (C=O) groups excluding carboxylic acids is 2. The predicted molar refractivity (Wildman–Crippen MR) is 118 cm³/mol. The number of halogens is 3. The number of aromatic nitrogens is 1. The second-order valence-electron chi connectivity index (χ2n) is 8.39. The number of hydrogen-bond acceptors (Lipinski definition) is 5. The van der Waals surface area contributed by atoms with E-state index in [1.165, 1.54) is 7.05 Å². The maximum atomic E-state index is 13.4. The second kappa shape index (κ2) is 9.65. The molecule has 0 unspecified atom stereocenters. The number of ether oxygens (including phenoxy) is 1. The Hall–Kier alpha value is -2.70. The molecule has 0 saturated heterocycles. The standard InChI is InChI=1S/C20H25ClF2N4O5S/c1-11(2)27(19(29)32-20(3,4)5)25-33(30,31)15-10-26(6)17(16(15)21)18(28)24-12-7-8-13(22)14(23)9-12/h7-11,25H,1-6H3,(H,24,28). The van der Waals surface area contributed by atoms with E-state index in [0.29, 0.717) is 0 Å². The topological polar surface area (TPSA) is 110 Å². The van der Waals surface area contributed by atoms with E-state index >= 15 is 0 Å². The van der Waals surface area contributed by atoms with Crippen LogP contribution < -0.4 is 10.1 Å². The summed E-state index contributed by atoms with van der Waals surface area (Å²) in [6.45, 7) is 8.02. The van der Waals surface area contributed by atoms with Crippen molar-refractivity contribution in [2.24, 2.45) is 7.05 Å². The van der Waals surface area contributed by atoms with E-state index in [4.69, 9.17) is 16.3 Å². The zero-order chi connectivity index (χ0) is 25.3. The molecular formula is C20H25ClF2N4O5S. The van der Waals surface area contributed by atoms with E-state index in [-0.39, 0.29) is 11.4 Å². The fourth-order valence-corrected chi connectivity index (χ4v) is 4.47. The van der Waals surface area contributed by atoms with Crippen molar-refractivity contribution in [1.29, 1.82) is 0 Å². The van der Waals surface area contributed by atoms with E-state index in [1.54, 1.807) is 34.6 Å². The van der Waals surface area contributed by atoms with Gasteiger partial charge < -0.3 is 14.6 Å². The Morgan fingerprint density at radius 2 is 1.79 bits per heavy atom. The highest BCUT2D eigenvalue weighted by molar-refractivity contribution is 7.89. The van der Waals surface area contributed by atoms with E-state index < -0.39 is 55.2 Å². The molecule has 13 heteroatoms. The Morgan fingerprint density at radius 3 is 2.30 bits per heavy atom. The first-order valence-electron chi connectivity index (χ1n) is 9.69. The smallest absolute Gasteiger partial charge is 0.425 e. The molecule has 33 heavy (non-hydrogen) atoms. The van der Waals surface area contributed by atoms with Crippen LogP contribution in [-0.2, 0) is 21.8 Å². The van der Waals surface area contributed by atoms with Crippen LogP contribution in [0.1, 0.15) is 45.1 Å². The molecular weight excluding hydrogens is 482 g/mol. The summed E-state index contributed by atoms with van der Waals surface area (Å²) in [5.41, 5.74) is -1.18. The van der Waals surface area contributed by atoms with E-state index in [1.807, 2.05) is 0 Å². The molecule has 0 fully saturated rings. The van der Waals surface area contributed by atoms with Gasteiger partial charge in [-0.2, -0.15) is 0 Å². The molecule has 0 radical (unpaired) electrons. The molecule has 0 aliphatic carbocycles. The Bertz CT molecular complexity index is 1180. The molecule has 0 aliphatic rings. The Labute approximate surface area is 195 Å². The van der Waals surface area contributed by atoms with Crippen LogP contribution in [0.25, 0.3) is 0 Å². The van der Waals surface area contributed by atoms with Crippen LogP contribution in [-0.4, -0.2) is 41.6 Å². The van der Waals surface area contributed by atoms with Crippen molar-refractivity contribution in [2.45, 2.75) is 51.2 Å². The number of rotatable bonds is 6. The molecule has 0 spiro atoms. The summed E-state index contributed by atoms with van der Waals surface area (Å²) in [6, 6.07) is 2.11. The molecule has 182 valence electrons. The number of sulfonamides is 1. The Balaban J connectivity index is 2.34. The number of amides is 2. The van der Waals surface area contributed by atoms with E-state index in [9.17, 15) is 26.8 Å². The van der Waals surface area contributed by atoms with Gasteiger partial charge in [-0.3, -0.25) is 4.79 Å². The van der Waals surface area contributed by atoms with Crippen molar-refractivity contribution in [3.05, 3.63) is 46.7 Å². The summed E-state index contributed by atoms with van der Waals surface area (Å²) in [6.07, 6.45) is 0.155. The van der Waals surface area contributed by atoms with Crippen molar-refractivity contribution < 1.29 is 31.5 Å². The first-order chi connectivity index (χ1) is 15.0.